The Morgan fingerprint density at radius 3 is 2.19 bits per heavy atom. The second kappa shape index (κ2) is 16.4. The van der Waals surface area contributed by atoms with Crippen molar-refractivity contribution in [2.24, 2.45) is 0 Å². The molecule has 0 aromatic carbocycles. The number of hydrogen-bond acceptors (Lipinski definition) is 6. The zero-order chi connectivity index (χ0) is 15.8. The molecule has 6 nitrogen and oxygen atoms in total. The van der Waals surface area contributed by atoms with E-state index in [2.05, 4.69) is 39.6 Å². The Morgan fingerprint density at radius 1 is 1.05 bits per heavy atom. The first kappa shape index (κ1) is 21.0. The molecular weight excluding hydrogens is 389 g/mol. The molecule has 0 saturated heterocycles. The number of unbranched alkanes of at least 4 members (excludes halogenated alkanes) is 1. The molecule has 1 unspecified atom stereocenters. The third kappa shape index (κ3) is 14.7. The molecule has 0 rings (SSSR count). The number of halogens is 1. The van der Waals surface area contributed by atoms with E-state index in [4.69, 9.17) is 14.2 Å². The maximum absolute atomic E-state index is 11.1. The van der Waals surface area contributed by atoms with Gasteiger partial charge in [-0.3, -0.25) is 4.79 Å². The van der Waals surface area contributed by atoms with Gasteiger partial charge in [-0.15, -0.1) is 0 Å². The minimum atomic E-state index is -0.210. The van der Waals surface area contributed by atoms with Crippen molar-refractivity contribution in [1.29, 1.82) is 0 Å². The summed E-state index contributed by atoms with van der Waals surface area (Å²) in [6.45, 7) is 7.25. The van der Waals surface area contributed by atoms with E-state index in [1.807, 2.05) is 0 Å². The van der Waals surface area contributed by atoms with Gasteiger partial charge in [0.05, 0.1) is 40.1 Å². The monoisotopic (exact) mass is 417 g/mol. The fraction of sp³-hybridized carbons (Fsp3) is 0.929. The Bertz CT molecular complexity index is 243. The van der Waals surface area contributed by atoms with Crippen LogP contribution >= 0.6 is 22.6 Å². The van der Waals surface area contributed by atoms with Gasteiger partial charge in [-0.2, -0.15) is 0 Å². The third-order valence-electron chi connectivity index (χ3n) is 2.59. The molecule has 0 amide bonds. The standard InChI is InChI=1S/C14H28INO5/c1-3-4-6-19-8-10-21-11-9-20-7-5-16-12-13(15)14(17)18-2/h13,16H,3-12H2,1-2H3. The van der Waals surface area contributed by atoms with E-state index in [-0.39, 0.29) is 9.89 Å². The minimum Gasteiger partial charge on any atom is -0.468 e. The van der Waals surface area contributed by atoms with Gasteiger partial charge in [-0.1, -0.05) is 35.9 Å². The summed E-state index contributed by atoms with van der Waals surface area (Å²) in [6, 6.07) is 0. The summed E-state index contributed by atoms with van der Waals surface area (Å²) in [5, 5.41) is 3.14. The molecule has 21 heavy (non-hydrogen) atoms. The predicted molar refractivity (Wildman–Crippen MR) is 90.1 cm³/mol. The summed E-state index contributed by atoms with van der Waals surface area (Å²) in [6.07, 6.45) is 2.25. The number of alkyl halides is 1. The lowest BCUT2D eigenvalue weighted by Gasteiger charge is -2.09. The summed E-state index contributed by atoms with van der Waals surface area (Å²) >= 11 is 2.05. The number of ether oxygens (including phenoxy) is 4. The average Bonchev–Trinajstić information content (AvgIpc) is 2.50. The first-order valence-corrected chi connectivity index (χ1v) is 8.62. The average molecular weight is 417 g/mol. The molecular formula is C14H28INO5. The van der Waals surface area contributed by atoms with Crippen LogP contribution in [-0.2, 0) is 23.7 Å². The van der Waals surface area contributed by atoms with Crippen LogP contribution in [0.25, 0.3) is 0 Å². The summed E-state index contributed by atoms with van der Waals surface area (Å²) < 4.78 is 20.6. The lowest BCUT2D eigenvalue weighted by atomic mass is 10.4. The van der Waals surface area contributed by atoms with Gasteiger partial charge in [0.1, 0.15) is 3.92 Å². The number of esters is 1. The highest BCUT2D eigenvalue weighted by Gasteiger charge is 2.13. The molecule has 1 N–H and O–H groups in total. The van der Waals surface area contributed by atoms with Crippen LogP contribution in [0, 0.1) is 0 Å². The van der Waals surface area contributed by atoms with Crippen molar-refractivity contribution in [3.8, 4) is 0 Å². The number of methoxy groups -OCH3 is 1. The van der Waals surface area contributed by atoms with Crippen LogP contribution in [0.2, 0.25) is 0 Å². The molecule has 7 heteroatoms. The normalized spacial score (nSPS) is 12.3. The first-order valence-electron chi connectivity index (χ1n) is 7.38. The molecule has 126 valence electrons. The second-order valence-corrected chi connectivity index (χ2v) is 5.89. The van der Waals surface area contributed by atoms with Crippen LogP contribution in [0.4, 0.5) is 0 Å². The highest BCUT2D eigenvalue weighted by Crippen LogP contribution is 2.00. The van der Waals surface area contributed by atoms with E-state index < -0.39 is 0 Å². The fourth-order valence-corrected chi connectivity index (χ4v) is 1.94. The predicted octanol–water partition coefficient (Wildman–Crippen LogP) is 1.40. The molecule has 0 radical (unpaired) electrons. The fourth-order valence-electron chi connectivity index (χ4n) is 1.37. The largest absolute Gasteiger partial charge is 0.468 e. The zero-order valence-electron chi connectivity index (χ0n) is 13.1. The molecule has 0 bridgehead atoms. The number of carbonyl (C=O) groups is 1. The lowest BCUT2D eigenvalue weighted by Crippen LogP contribution is -2.31. The number of rotatable bonds is 15. The van der Waals surface area contributed by atoms with Crippen molar-refractivity contribution < 1.29 is 23.7 Å². The third-order valence-corrected chi connectivity index (χ3v) is 3.54. The SMILES string of the molecule is CCCCOCCOCCOCCNCC(I)C(=O)OC. The van der Waals surface area contributed by atoms with Crippen LogP contribution in [0.5, 0.6) is 0 Å². The lowest BCUT2D eigenvalue weighted by molar-refractivity contribution is -0.139. The Kier molecular flexibility index (Phi) is 16.4. The minimum absolute atomic E-state index is 0.163. The molecule has 0 aromatic rings. The number of nitrogens with one attached hydrogen (secondary N) is 1. The van der Waals surface area contributed by atoms with Gasteiger partial charge >= 0.3 is 5.97 Å². The molecule has 0 spiro atoms. The molecule has 0 saturated carbocycles. The highest BCUT2D eigenvalue weighted by molar-refractivity contribution is 14.1. The van der Waals surface area contributed by atoms with Gasteiger partial charge in [0.2, 0.25) is 0 Å². The van der Waals surface area contributed by atoms with Gasteiger partial charge in [0.25, 0.3) is 0 Å². The molecule has 1 atom stereocenters. The maximum Gasteiger partial charge on any atom is 0.319 e. The summed E-state index contributed by atoms with van der Waals surface area (Å²) in [5.41, 5.74) is 0. The Morgan fingerprint density at radius 2 is 1.62 bits per heavy atom. The van der Waals surface area contributed by atoms with Crippen molar-refractivity contribution in [2.75, 3.05) is 59.8 Å². The Hall–Kier alpha value is 0.0400. The second-order valence-electron chi connectivity index (χ2n) is 4.39. The van der Waals surface area contributed by atoms with Crippen molar-refractivity contribution in [1.82, 2.24) is 5.32 Å². The zero-order valence-corrected chi connectivity index (χ0v) is 15.2. The van der Waals surface area contributed by atoms with Crippen molar-refractivity contribution in [2.45, 2.75) is 23.7 Å². The Labute approximate surface area is 141 Å². The number of hydrogen-bond donors (Lipinski definition) is 1. The summed E-state index contributed by atoms with van der Waals surface area (Å²) in [7, 11) is 1.39. The van der Waals surface area contributed by atoms with Crippen molar-refractivity contribution >= 4 is 28.6 Å². The van der Waals surface area contributed by atoms with Crippen LogP contribution < -0.4 is 5.32 Å². The topological polar surface area (TPSA) is 66.0 Å². The van der Waals surface area contributed by atoms with Gasteiger partial charge in [0, 0.05) is 19.7 Å². The summed E-state index contributed by atoms with van der Waals surface area (Å²) in [4.78, 5) is 11.1. The van der Waals surface area contributed by atoms with Crippen LogP contribution in [-0.4, -0.2) is 69.7 Å². The molecule has 0 aliphatic carbocycles. The van der Waals surface area contributed by atoms with Crippen LogP contribution in [0.3, 0.4) is 0 Å². The van der Waals surface area contributed by atoms with Crippen LogP contribution in [0.1, 0.15) is 19.8 Å². The van der Waals surface area contributed by atoms with E-state index in [0.29, 0.717) is 46.1 Å². The van der Waals surface area contributed by atoms with Gasteiger partial charge < -0.3 is 24.3 Å². The maximum atomic E-state index is 11.1. The van der Waals surface area contributed by atoms with Gasteiger partial charge in [-0.05, 0) is 6.42 Å². The Balaban J connectivity index is 3.11. The van der Waals surface area contributed by atoms with E-state index >= 15 is 0 Å². The van der Waals surface area contributed by atoms with E-state index in [1.165, 1.54) is 7.11 Å². The van der Waals surface area contributed by atoms with Gasteiger partial charge in [-0.25, -0.2) is 0 Å². The van der Waals surface area contributed by atoms with E-state index in [9.17, 15) is 4.79 Å². The highest BCUT2D eigenvalue weighted by atomic mass is 127. The van der Waals surface area contributed by atoms with E-state index in [1.54, 1.807) is 0 Å². The van der Waals surface area contributed by atoms with Crippen molar-refractivity contribution in [3.63, 3.8) is 0 Å². The number of carbonyl (C=O) groups excluding carboxylic acids is 1. The molecule has 0 heterocycles. The molecule has 0 fully saturated rings. The van der Waals surface area contributed by atoms with Crippen molar-refractivity contribution in [3.05, 3.63) is 0 Å². The quantitative estimate of drug-likeness (QED) is 0.188. The smallest absolute Gasteiger partial charge is 0.319 e. The van der Waals surface area contributed by atoms with Gasteiger partial charge in [0.15, 0.2) is 0 Å². The molecule has 0 aliphatic rings. The molecule has 0 aliphatic heterocycles. The summed E-state index contributed by atoms with van der Waals surface area (Å²) in [5.74, 6) is -0.210. The first-order chi connectivity index (χ1) is 10.2. The van der Waals surface area contributed by atoms with Crippen LogP contribution in [0.15, 0.2) is 0 Å². The van der Waals surface area contributed by atoms with E-state index in [0.717, 1.165) is 19.4 Å². The molecule has 0 aromatic heterocycles.